The Morgan fingerprint density at radius 1 is 1.26 bits per heavy atom. The smallest absolute Gasteiger partial charge is 0.341 e. The van der Waals surface area contributed by atoms with Crippen molar-refractivity contribution >= 4 is 17.5 Å². The Bertz CT molecular complexity index is 549. The fraction of sp³-hybridized carbons (Fsp3) is 0.333. The molecule has 100 valence electrons. The molecule has 0 saturated heterocycles. The second-order valence-corrected chi connectivity index (χ2v) is 4.94. The van der Waals surface area contributed by atoms with Crippen LogP contribution in [0.5, 0.6) is 0 Å². The Hall–Kier alpha value is -1.68. The van der Waals surface area contributed by atoms with Crippen molar-refractivity contribution < 1.29 is 9.53 Å². The largest absolute Gasteiger partial charge is 0.462 e. The molecule has 2 aromatic rings. The Morgan fingerprint density at radius 2 is 2.00 bits per heavy atom. The van der Waals surface area contributed by atoms with Gasteiger partial charge < -0.3 is 4.74 Å². The number of carbonyl (C=O) groups excluding carboxylic acids is 1. The molecule has 0 aliphatic heterocycles. The molecule has 0 spiro atoms. The molecule has 0 radical (unpaired) electrons. The van der Waals surface area contributed by atoms with Gasteiger partial charge in [0.1, 0.15) is 5.56 Å². The lowest BCUT2D eigenvalue weighted by Gasteiger charge is -2.05. The van der Waals surface area contributed by atoms with Gasteiger partial charge in [-0.25, -0.2) is 4.79 Å². The normalized spacial score (nSPS) is 10.4. The zero-order valence-electron chi connectivity index (χ0n) is 11.2. The van der Waals surface area contributed by atoms with Crippen LogP contribution < -0.4 is 0 Å². The molecule has 3 nitrogen and oxygen atoms in total. The lowest BCUT2D eigenvalue weighted by molar-refractivity contribution is 0.0526. The zero-order chi connectivity index (χ0) is 13.7. The molecule has 19 heavy (non-hydrogen) atoms. The molecular formula is C15H17NO2S. The van der Waals surface area contributed by atoms with Gasteiger partial charge in [-0.3, -0.25) is 0 Å². The number of esters is 1. The number of aryl methyl sites for hydroxylation is 1. The van der Waals surface area contributed by atoms with Gasteiger partial charge in [0, 0.05) is 0 Å². The predicted octanol–water partition coefficient (Wildman–Crippen LogP) is 3.94. The first-order valence-corrected chi connectivity index (χ1v) is 7.26. The van der Waals surface area contributed by atoms with Crippen LogP contribution in [0.3, 0.4) is 0 Å². The van der Waals surface area contributed by atoms with E-state index >= 15 is 0 Å². The third-order valence-corrected chi connectivity index (χ3v) is 3.70. The van der Waals surface area contributed by atoms with Gasteiger partial charge in [-0.05, 0) is 30.4 Å². The van der Waals surface area contributed by atoms with Gasteiger partial charge in [0.15, 0.2) is 0 Å². The SMILES string of the molecule is CCCc1nsc(-c2ccccc2)c1C(=O)OCC. The van der Waals surface area contributed by atoms with E-state index in [4.69, 9.17) is 4.74 Å². The monoisotopic (exact) mass is 275 g/mol. The summed E-state index contributed by atoms with van der Waals surface area (Å²) < 4.78 is 9.59. The number of benzene rings is 1. The van der Waals surface area contributed by atoms with Gasteiger partial charge in [-0.2, -0.15) is 4.37 Å². The number of rotatable bonds is 5. The fourth-order valence-corrected chi connectivity index (χ4v) is 2.85. The molecule has 0 saturated carbocycles. The van der Waals surface area contributed by atoms with E-state index in [0.717, 1.165) is 29.0 Å². The van der Waals surface area contributed by atoms with Crippen molar-refractivity contribution in [2.45, 2.75) is 26.7 Å². The lowest BCUT2D eigenvalue weighted by Crippen LogP contribution is -2.08. The average Bonchev–Trinajstić information content (AvgIpc) is 2.84. The lowest BCUT2D eigenvalue weighted by atomic mass is 10.1. The first-order chi connectivity index (χ1) is 9.27. The summed E-state index contributed by atoms with van der Waals surface area (Å²) in [7, 11) is 0. The van der Waals surface area contributed by atoms with Crippen LogP contribution in [0.1, 0.15) is 36.3 Å². The summed E-state index contributed by atoms with van der Waals surface area (Å²) in [4.78, 5) is 13.0. The quantitative estimate of drug-likeness (QED) is 0.776. The fourth-order valence-electron chi connectivity index (χ4n) is 1.93. The number of nitrogens with zero attached hydrogens (tertiary/aromatic N) is 1. The van der Waals surface area contributed by atoms with Crippen LogP contribution in [0.2, 0.25) is 0 Å². The van der Waals surface area contributed by atoms with Gasteiger partial charge in [0.25, 0.3) is 0 Å². The third kappa shape index (κ3) is 3.01. The van der Waals surface area contributed by atoms with Crippen molar-refractivity contribution in [1.29, 1.82) is 0 Å². The molecular weight excluding hydrogens is 258 g/mol. The van der Waals surface area contributed by atoms with E-state index in [-0.39, 0.29) is 5.97 Å². The van der Waals surface area contributed by atoms with Gasteiger partial charge >= 0.3 is 5.97 Å². The second-order valence-electron chi connectivity index (χ2n) is 4.17. The van der Waals surface area contributed by atoms with Crippen molar-refractivity contribution in [2.75, 3.05) is 6.61 Å². The average molecular weight is 275 g/mol. The molecule has 0 bridgehead atoms. The zero-order valence-corrected chi connectivity index (χ0v) is 12.0. The maximum absolute atomic E-state index is 12.1. The summed E-state index contributed by atoms with van der Waals surface area (Å²) in [6, 6.07) is 9.87. The highest BCUT2D eigenvalue weighted by atomic mass is 32.1. The number of ether oxygens (including phenoxy) is 1. The van der Waals surface area contributed by atoms with Crippen molar-refractivity contribution in [2.24, 2.45) is 0 Å². The highest BCUT2D eigenvalue weighted by Crippen LogP contribution is 2.31. The van der Waals surface area contributed by atoms with E-state index < -0.39 is 0 Å². The predicted molar refractivity (Wildman–Crippen MR) is 77.5 cm³/mol. The first kappa shape index (κ1) is 13.7. The molecule has 1 aromatic carbocycles. The molecule has 0 aliphatic carbocycles. The summed E-state index contributed by atoms with van der Waals surface area (Å²) >= 11 is 1.37. The molecule has 2 rings (SSSR count). The Kier molecular flexibility index (Phi) is 4.68. The molecule has 4 heteroatoms. The standard InChI is InChI=1S/C15H17NO2S/c1-3-8-12-13(15(17)18-4-2)14(19-16-12)11-9-6-5-7-10-11/h5-7,9-10H,3-4,8H2,1-2H3. The van der Waals surface area contributed by atoms with E-state index in [0.29, 0.717) is 12.2 Å². The Balaban J connectivity index is 2.46. The number of aromatic nitrogens is 1. The minimum Gasteiger partial charge on any atom is -0.462 e. The van der Waals surface area contributed by atoms with Gasteiger partial charge in [0.2, 0.25) is 0 Å². The van der Waals surface area contributed by atoms with Gasteiger partial charge in [-0.15, -0.1) is 0 Å². The van der Waals surface area contributed by atoms with Crippen LogP contribution in [0.15, 0.2) is 30.3 Å². The summed E-state index contributed by atoms with van der Waals surface area (Å²) in [6.45, 7) is 4.28. The molecule has 1 heterocycles. The van der Waals surface area contributed by atoms with Crippen molar-refractivity contribution in [3.63, 3.8) is 0 Å². The van der Waals surface area contributed by atoms with Crippen LogP contribution in [0.4, 0.5) is 0 Å². The van der Waals surface area contributed by atoms with Crippen LogP contribution in [0, 0.1) is 0 Å². The van der Waals surface area contributed by atoms with Gasteiger partial charge in [-0.1, -0.05) is 43.7 Å². The van der Waals surface area contributed by atoms with Crippen molar-refractivity contribution in [3.05, 3.63) is 41.6 Å². The maximum Gasteiger partial charge on any atom is 0.341 e. The molecule has 0 atom stereocenters. The molecule has 0 fully saturated rings. The highest BCUT2D eigenvalue weighted by molar-refractivity contribution is 7.10. The Morgan fingerprint density at radius 3 is 2.63 bits per heavy atom. The second kappa shape index (κ2) is 6.48. The minimum absolute atomic E-state index is 0.265. The maximum atomic E-state index is 12.1. The van der Waals surface area contributed by atoms with Crippen molar-refractivity contribution in [1.82, 2.24) is 4.37 Å². The topological polar surface area (TPSA) is 39.2 Å². The van der Waals surface area contributed by atoms with Gasteiger partial charge in [0.05, 0.1) is 17.2 Å². The summed E-state index contributed by atoms with van der Waals surface area (Å²) in [5.74, 6) is -0.265. The molecule has 0 unspecified atom stereocenters. The van der Waals surface area contributed by atoms with Crippen LogP contribution in [-0.4, -0.2) is 16.9 Å². The minimum atomic E-state index is -0.265. The first-order valence-electron chi connectivity index (χ1n) is 6.49. The Labute approximate surface area is 117 Å². The number of hydrogen-bond acceptors (Lipinski definition) is 4. The van der Waals surface area contributed by atoms with E-state index in [2.05, 4.69) is 11.3 Å². The number of carbonyl (C=O) groups is 1. The third-order valence-electron chi connectivity index (χ3n) is 2.77. The van der Waals surface area contributed by atoms with E-state index in [9.17, 15) is 4.79 Å². The van der Waals surface area contributed by atoms with E-state index in [1.165, 1.54) is 11.5 Å². The van der Waals surface area contributed by atoms with Crippen molar-refractivity contribution in [3.8, 4) is 10.4 Å². The molecule has 0 amide bonds. The summed E-state index contributed by atoms with van der Waals surface area (Å²) in [6.07, 6.45) is 1.77. The summed E-state index contributed by atoms with van der Waals surface area (Å²) in [5.41, 5.74) is 2.51. The van der Waals surface area contributed by atoms with E-state index in [1.807, 2.05) is 37.3 Å². The molecule has 1 aromatic heterocycles. The number of hydrogen-bond donors (Lipinski definition) is 0. The van der Waals surface area contributed by atoms with E-state index in [1.54, 1.807) is 0 Å². The molecule has 0 N–H and O–H groups in total. The van der Waals surface area contributed by atoms with Crippen LogP contribution in [0.25, 0.3) is 10.4 Å². The summed E-state index contributed by atoms with van der Waals surface area (Å²) in [5, 5.41) is 0. The van der Waals surface area contributed by atoms with Crippen LogP contribution >= 0.6 is 11.5 Å². The highest BCUT2D eigenvalue weighted by Gasteiger charge is 2.22. The van der Waals surface area contributed by atoms with Crippen LogP contribution in [-0.2, 0) is 11.2 Å². The molecule has 0 aliphatic rings.